The molecule has 0 radical (unpaired) electrons. The zero-order chi connectivity index (χ0) is 24.1. The predicted molar refractivity (Wildman–Crippen MR) is 130 cm³/mol. The van der Waals surface area contributed by atoms with E-state index >= 15 is 0 Å². The summed E-state index contributed by atoms with van der Waals surface area (Å²) in [4.78, 5) is 37.9. The lowest BCUT2D eigenvalue weighted by Crippen LogP contribution is -2.42. The highest BCUT2D eigenvalue weighted by Gasteiger charge is 2.41. The molecule has 0 unspecified atom stereocenters. The number of carbonyl (C=O) groups is 3. The number of nitrogens with zero attached hydrogens (tertiary/aromatic N) is 1. The molecule has 0 N–H and O–H groups in total. The molecule has 10 heteroatoms. The average Bonchev–Trinajstić information content (AvgIpc) is 3.06. The van der Waals surface area contributed by atoms with Crippen LogP contribution in [0.3, 0.4) is 0 Å². The van der Waals surface area contributed by atoms with Gasteiger partial charge in [0.05, 0.1) is 22.2 Å². The molecule has 2 aromatic rings. The number of hydrogen-bond donors (Lipinski definition) is 0. The number of imide groups is 1. The molecule has 1 saturated heterocycles. The van der Waals surface area contributed by atoms with E-state index in [2.05, 4.69) is 27.3 Å². The maximum absolute atomic E-state index is 13.9. The van der Waals surface area contributed by atoms with Crippen molar-refractivity contribution in [2.24, 2.45) is 0 Å². The number of halogens is 2. The second-order valence-corrected chi connectivity index (χ2v) is 9.05. The summed E-state index contributed by atoms with van der Waals surface area (Å²) >= 11 is 2.81. The Balaban J connectivity index is 1.88. The van der Waals surface area contributed by atoms with Gasteiger partial charge in [0, 0.05) is 5.56 Å². The Morgan fingerprint density at radius 2 is 1.97 bits per heavy atom. The monoisotopic (exact) mass is 585 g/mol. The van der Waals surface area contributed by atoms with Gasteiger partial charge in [-0.3, -0.25) is 14.5 Å². The highest BCUT2D eigenvalue weighted by Crippen LogP contribution is 2.38. The van der Waals surface area contributed by atoms with Crippen LogP contribution in [0.4, 0.5) is 9.18 Å². The average molecular weight is 585 g/mol. The number of amides is 2. The van der Waals surface area contributed by atoms with Crippen LogP contribution < -0.4 is 9.47 Å². The van der Waals surface area contributed by atoms with E-state index in [0.29, 0.717) is 32.8 Å². The van der Waals surface area contributed by atoms with Gasteiger partial charge in [0.15, 0.2) is 11.5 Å². The van der Waals surface area contributed by atoms with Crippen molar-refractivity contribution in [1.29, 1.82) is 0 Å². The molecule has 7 nitrogen and oxygen atoms in total. The van der Waals surface area contributed by atoms with Crippen LogP contribution in [0.1, 0.15) is 25.0 Å². The van der Waals surface area contributed by atoms with Gasteiger partial charge in [-0.15, -0.1) is 0 Å². The zero-order valence-corrected chi connectivity index (χ0v) is 21.1. The number of carbonyl (C=O) groups excluding carboxylic acids is 3. The maximum atomic E-state index is 13.9. The van der Waals surface area contributed by atoms with Gasteiger partial charge in [0.2, 0.25) is 0 Å². The Bertz CT molecular complexity index is 1120. The highest BCUT2D eigenvalue weighted by atomic mass is 127. The van der Waals surface area contributed by atoms with Gasteiger partial charge in [-0.25, -0.2) is 9.18 Å². The number of hydrogen-bond acceptors (Lipinski definition) is 7. The van der Waals surface area contributed by atoms with E-state index in [-0.39, 0.29) is 17.3 Å². The standard InChI is InChI=1S/C23H21FINO6S/c1-4-31-18-10-14(9-17(25)20(18)32-12-15-7-5-6-8-16(15)24)11-19-21(27)26(23(29)33-19)13(2)22(28)30-3/h5-11,13H,4,12H2,1-3H3/b19-11+/t13-/m0/s1. The van der Waals surface area contributed by atoms with Gasteiger partial charge < -0.3 is 14.2 Å². The molecule has 3 rings (SSSR count). The topological polar surface area (TPSA) is 82.1 Å². The minimum atomic E-state index is -1.03. The molecule has 0 bridgehead atoms. The molecular weight excluding hydrogens is 564 g/mol. The van der Waals surface area contributed by atoms with Crippen LogP contribution >= 0.6 is 34.4 Å². The molecule has 1 fully saturated rings. The minimum Gasteiger partial charge on any atom is -0.490 e. The van der Waals surface area contributed by atoms with Crippen molar-refractivity contribution in [3.8, 4) is 11.5 Å². The molecule has 1 heterocycles. The first kappa shape index (κ1) is 25.0. The summed E-state index contributed by atoms with van der Waals surface area (Å²) in [7, 11) is 1.20. The quantitative estimate of drug-likeness (QED) is 0.245. The fourth-order valence-electron chi connectivity index (χ4n) is 3.08. The molecule has 2 amide bonds. The summed E-state index contributed by atoms with van der Waals surface area (Å²) in [6.45, 7) is 3.64. The van der Waals surface area contributed by atoms with E-state index in [1.165, 1.54) is 20.1 Å². The molecule has 1 aliphatic heterocycles. The summed E-state index contributed by atoms with van der Waals surface area (Å²) in [5.41, 5.74) is 1.02. The van der Waals surface area contributed by atoms with Crippen molar-refractivity contribution in [3.05, 3.63) is 61.8 Å². The third-order valence-electron chi connectivity index (χ3n) is 4.71. The smallest absolute Gasteiger partial charge is 0.328 e. The fraction of sp³-hybridized carbons (Fsp3) is 0.261. The van der Waals surface area contributed by atoms with Gasteiger partial charge in [0.25, 0.3) is 11.1 Å². The maximum Gasteiger partial charge on any atom is 0.328 e. The van der Waals surface area contributed by atoms with E-state index in [4.69, 9.17) is 9.47 Å². The summed E-state index contributed by atoms with van der Waals surface area (Å²) in [5, 5.41) is -0.547. The first-order chi connectivity index (χ1) is 15.8. The van der Waals surface area contributed by atoms with Crippen molar-refractivity contribution < 1.29 is 33.0 Å². The number of esters is 1. The minimum absolute atomic E-state index is 0.0202. The van der Waals surface area contributed by atoms with Crippen molar-refractivity contribution >= 4 is 57.5 Å². The Morgan fingerprint density at radius 3 is 2.64 bits per heavy atom. The van der Waals surface area contributed by atoms with E-state index < -0.39 is 23.2 Å². The van der Waals surface area contributed by atoms with Gasteiger partial charge in [-0.1, -0.05) is 18.2 Å². The van der Waals surface area contributed by atoms with Gasteiger partial charge in [-0.2, -0.15) is 0 Å². The normalized spacial score (nSPS) is 15.7. The molecule has 174 valence electrons. The first-order valence-corrected chi connectivity index (χ1v) is 11.8. The second kappa shape index (κ2) is 11.0. The van der Waals surface area contributed by atoms with E-state index in [9.17, 15) is 18.8 Å². The number of benzene rings is 2. The van der Waals surface area contributed by atoms with Crippen molar-refractivity contribution in [2.75, 3.05) is 13.7 Å². The Labute approximate surface area is 208 Å². The van der Waals surface area contributed by atoms with Crippen LogP contribution in [-0.2, 0) is 20.9 Å². The predicted octanol–water partition coefficient (Wildman–Crippen LogP) is 5.01. The zero-order valence-electron chi connectivity index (χ0n) is 18.1. The molecule has 0 spiro atoms. The van der Waals surface area contributed by atoms with Crippen LogP contribution in [0.2, 0.25) is 0 Å². The highest BCUT2D eigenvalue weighted by molar-refractivity contribution is 14.1. The summed E-state index contributed by atoms with van der Waals surface area (Å²) in [6.07, 6.45) is 1.56. The first-order valence-electron chi connectivity index (χ1n) is 9.94. The van der Waals surface area contributed by atoms with Gasteiger partial charge in [-0.05, 0) is 78.0 Å². The van der Waals surface area contributed by atoms with Crippen molar-refractivity contribution in [2.45, 2.75) is 26.5 Å². The lowest BCUT2D eigenvalue weighted by atomic mass is 10.1. The van der Waals surface area contributed by atoms with Crippen LogP contribution in [0.25, 0.3) is 6.08 Å². The van der Waals surface area contributed by atoms with Gasteiger partial charge >= 0.3 is 5.97 Å². The number of rotatable bonds is 8. The SMILES string of the molecule is CCOc1cc(/C=C2/SC(=O)N([C@@H](C)C(=O)OC)C2=O)cc(I)c1OCc1ccccc1F. The third-order valence-corrected chi connectivity index (χ3v) is 6.40. The summed E-state index contributed by atoms with van der Waals surface area (Å²) in [5.74, 6) is -0.739. The Hall–Kier alpha value is -2.60. The van der Waals surface area contributed by atoms with E-state index in [0.717, 1.165) is 16.7 Å². The molecule has 2 aromatic carbocycles. The molecule has 1 aliphatic rings. The molecule has 0 saturated carbocycles. The number of ether oxygens (including phenoxy) is 3. The number of thioether (sulfide) groups is 1. The lowest BCUT2D eigenvalue weighted by molar-refractivity contribution is -0.148. The van der Waals surface area contributed by atoms with Crippen LogP contribution in [0.5, 0.6) is 11.5 Å². The molecule has 1 atom stereocenters. The molecular formula is C23H21FINO6S. The van der Waals surface area contributed by atoms with E-state index in [1.54, 1.807) is 36.4 Å². The van der Waals surface area contributed by atoms with Crippen LogP contribution in [0, 0.1) is 9.39 Å². The fourth-order valence-corrected chi connectivity index (χ4v) is 4.77. The summed E-state index contributed by atoms with van der Waals surface area (Å²) < 4.78 is 30.8. The molecule has 0 aromatic heterocycles. The lowest BCUT2D eigenvalue weighted by Gasteiger charge is -2.18. The van der Waals surface area contributed by atoms with Crippen LogP contribution in [-0.4, -0.2) is 41.8 Å². The largest absolute Gasteiger partial charge is 0.490 e. The van der Waals surface area contributed by atoms with Crippen LogP contribution in [0.15, 0.2) is 41.3 Å². The third kappa shape index (κ3) is 5.67. The van der Waals surface area contributed by atoms with Gasteiger partial charge in [0.1, 0.15) is 18.5 Å². The van der Waals surface area contributed by atoms with Crippen molar-refractivity contribution in [3.63, 3.8) is 0 Å². The molecule has 0 aliphatic carbocycles. The van der Waals surface area contributed by atoms with Crippen molar-refractivity contribution in [1.82, 2.24) is 4.90 Å². The van der Waals surface area contributed by atoms with E-state index in [1.807, 2.05) is 6.92 Å². The Kier molecular flexibility index (Phi) is 8.35. The second-order valence-electron chi connectivity index (χ2n) is 6.89. The Morgan fingerprint density at radius 1 is 1.24 bits per heavy atom. The summed E-state index contributed by atoms with van der Waals surface area (Å²) in [6, 6.07) is 8.76. The number of methoxy groups -OCH3 is 1. The molecule has 33 heavy (non-hydrogen) atoms.